The van der Waals surface area contributed by atoms with Crippen LogP contribution in [0.3, 0.4) is 0 Å². The second-order valence-electron chi connectivity index (χ2n) is 7.04. The van der Waals surface area contributed by atoms with Crippen molar-refractivity contribution in [2.24, 2.45) is 0 Å². The third-order valence-electron chi connectivity index (χ3n) is 3.49. The Balaban J connectivity index is 2.18. The number of anilines is 2. The SMILES string of the molecule is Cc1ccc(NC(=O)CSC(C)(C)C)cc1S(=O)(=O)Nc1ccc(Cl)cc1. The summed E-state index contributed by atoms with van der Waals surface area (Å²) < 4.78 is 28.0. The largest absolute Gasteiger partial charge is 0.325 e. The smallest absolute Gasteiger partial charge is 0.262 e. The van der Waals surface area contributed by atoms with E-state index in [1.807, 2.05) is 20.8 Å². The van der Waals surface area contributed by atoms with Crippen molar-refractivity contribution in [3.05, 3.63) is 53.1 Å². The molecular formula is C19H23ClN2O3S2. The molecule has 0 fully saturated rings. The van der Waals surface area contributed by atoms with Gasteiger partial charge in [0.1, 0.15) is 0 Å². The van der Waals surface area contributed by atoms with Gasteiger partial charge in [-0.2, -0.15) is 0 Å². The first-order valence-corrected chi connectivity index (χ1v) is 11.1. The van der Waals surface area contributed by atoms with Crippen LogP contribution in [0.2, 0.25) is 5.02 Å². The lowest BCUT2D eigenvalue weighted by Gasteiger charge is -2.17. The normalized spacial score (nSPS) is 11.9. The highest BCUT2D eigenvalue weighted by molar-refractivity contribution is 8.01. The second kappa shape index (κ2) is 8.54. The van der Waals surface area contributed by atoms with E-state index < -0.39 is 10.0 Å². The van der Waals surface area contributed by atoms with Gasteiger partial charge in [-0.15, -0.1) is 11.8 Å². The molecule has 0 radical (unpaired) electrons. The van der Waals surface area contributed by atoms with E-state index in [0.717, 1.165) is 0 Å². The van der Waals surface area contributed by atoms with E-state index in [1.54, 1.807) is 43.3 Å². The van der Waals surface area contributed by atoms with Gasteiger partial charge in [0.25, 0.3) is 10.0 Å². The van der Waals surface area contributed by atoms with Gasteiger partial charge in [-0.25, -0.2) is 8.42 Å². The maximum absolute atomic E-state index is 12.7. The highest BCUT2D eigenvalue weighted by Crippen LogP contribution is 2.25. The fourth-order valence-electron chi connectivity index (χ4n) is 2.17. The Labute approximate surface area is 169 Å². The highest BCUT2D eigenvalue weighted by Gasteiger charge is 2.19. The van der Waals surface area contributed by atoms with Crippen LogP contribution in [0.1, 0.15) is 26.3 Å². The summed E-state index contributed by atoms with van der Waals surface area (Å²) in [6.07, 6.45) is 0. The Morgan fingerprint density at radius 3 is 2.26 bits per heavy atom. The molecule has 0 heterocycles. The maximum atomic E-state index is 12.7. The van der Waals surface area contributed by atoms with Crippen LogP contribution in [0.15, 0.2) is 47.4 Å². The average molecular weight is 427 g/mol. The van der Waals surface area contributed by atoms with Crippen molar-refractivity contribution in [2.75, 3.05) is 15.8 Å². The molecule has 0 aliphatic heterocycles. The zero-order valence-corrected chi connectivity index (χ0v) is 18.1. The summed E-state index contributed by atoms with van der Waals surface area (Å²) in [6, 6.07) is 11.2. The molecule has 8 heteroatoms. The zero-order chi connectivity index (χ0) is 20.2. The first-order valence-electron chi connectivity index (χ1n) is 8.29. The van der Waals surface area contributed by atoms with Crippen molar-refractivity contribution in [2.45, 2.75) is 37.3 Å². The average Bonchev–Trinajstić information content (AvgIpc) is 2.56. The molecule has 0 bridgehead atoms. The van der Waals surface area contributed by atoms with Gasteiger partial charge in [0, 0.05) is 21.1 Å². The van der Waals surface area contributed by atoms with Gasteiger partial charge < -0.3 is 5.32 Å². The van der Waals surface area contributed by atoms with E-state index in [-0.39, 0.29) is 15.5 Å². The van der Waals surface area contributed by atoms with Crippen molar-refractivity contribution < 1.29 is 13.2 Å². The first kappa shape index (κ1) is 21.6. The summed E-state index contributed by atoms with van der Waals surface area (Å²) in [5, 5.41) is 3.28. The van der Waals surface area contributed by atoms with E-state index in [2.05, 4.69) is 10.0 Å². The van der Waals surface area contributed by atoms with E-state index in [4.69, 9.17) is 11.6 Å². The van der Waals surface area contributed by atoms with Gasteiger partial charge in [-0.1, -0.05) is 38.4 Å². The third-order valence-corrected chi connectivity index (χ3v) is 6.54. The minimum atomic E-state index is -3.80. The summed E-state index contributed by atoms with van der Waals surface area (Å²) >= 11 is 7.35. The van der Waals surface area contributed by atoms with Crippen LogP contribution in [0.25, 0.3) is 0 Å². The number of nitrogens with one attached hydrogen (secondary N) is 2. The minimum absolute atomic E-state index is 0.0262. The Morgan fingerprint density at radius 2 is 1.67 bits per heavy atom. The number of hydrogen-bond acceptors (Lipinski definition) is 4. The highest BCUT2D eigenvalue weighted by atomic mass is 35.5. The standard InChI is InChI=1S/C19H23ClN2O3S2/c1-13-5-8-16(21-18(23)12-26-19(2,3)4)11-17(13)27(24,25)22-15-9-6-14(20)7-10-15/h5-11,22H,12H2,1-4H3,(H,21,23). The van der Waals surface area contributed by atoms with Crippen molar-refractivity contribution in [3.63, 3.8) is 0 Å². The number of amides is 1. The molecule has 27 heavy (non-hydrogen) atoms. The van der Waals surface area contributed by atoms with Crippen LogP contribution in [0, 0.1) is 6.92 Å². The summed E-state index contributed by atoms with van der Waals surface area (Å²) in [4.78, 5) is 12.2. The maximum Gasteiger partial charge on any atom is 0.262 e. The number of carbonyl (C=O) groups is 1. The molecular weight excluding hydrogens is 404 g/mol. The lowest BCUT2D eigenvalue weighted by Crippen LogP contribution is -2.19. The Morgan fingerprint density at radius 1 is 1.07 bits per heavy atom. The van der Waals surface area contributed by atoms with Crippen LogP contribution < -0.4 is 10.0 Å². The van der Waals surface area contributed by atoms with E-state index in [0.29, 0.717) is 27.7 Å². The molecule has 0 saturated carbocycles. The molecule has 146 valence electrons. The molecule has 0 aliphatic rings. The predicted octanol–water partition coefficient (Wildman–Crippen LogP) is 4.92. The van der Waals surface area contributed by atoms with Gasteiger partial charge in [-0.3, -0.25) is 9.52 Å². The minimum Gasteiger partial charge on any atom is -0.325 e. The van der Waals surface area contributed by atoms with Crippen LogP contribution in [0.4, 0.5) is 11.4 Å². The van der Waals surface area contributed by atoms with Crippen molar-refractivity contribution in [1.29, 1.82) is 0 Å². The number of sulfonamides is 1. The summed E-state index contributed by atoms with van der Waals surface area (Å²) in [7, 11) is -3.80. The monoisotopic (exact) mass is 426 g/mol. The first-order chi connectivity index (χ1) is 12.5. The van der Waals surface area contributed by atoms with E-state index >= 15 is 0 Å². The molecule has 0 atom stereocenters. The molecule has 1 amide bonds. The Hall–Kier alpha value is -1.70. The molecule has 0 spiro atoms. The predicted molar refractivity (Wildman–Crippen MR) is 114 cm³/mol. The topological polar surface area (TPSA) is 75.3 Å². The summed E-state index contributed by atoms with van der Waals surface area (Å²) in [5.41, 5.74) is 1.44. The van der Waals surface area contributed by atoms with Gasteiger partial charge >= 0.3 is 0 Å². The molecule has 5 nitrogen and oxygen atoms in total. The van der Waals surface area contributed by atoms with Gasteiger partial charge in [0.2, 0.25) is 5.91 Å². The number of benzene rings is 2. The van der Waals surface area contributed by atoms with Crippen LogP contribution >= 0.6 is 23.4 Å². The van der Waals surface area contributed by atoms with Gasteiger partial charge in [0.05, 0.1) is 10.6 Å². The lowest BCUT2D eigenvalue weighted by molar-refractivity contribution is -0.113. The summed E-state index contributed by atoms with van der Waals surface area (Å²) in [5.74, 6) is 0.121. The van der Waals surface area contributed by atoms with Crippen LogP contribution in [0.5, 0.6) is 0 Å². The Kier molecular flexibility index (Phi) is 6.83. The van der Waals surface area contributed by atoms with Crippen molar-refractivity contribution in [1.82, 2.24) is 0 Å². The molecule has 0 aromatic heterocycles. The number of thioether (sulfide) groups is 1. The number of hydrogen-bond donors (Lipinski definition) is 2. The molecule has 0 saturated heterocycles. The number of aryl methyl sites for hydroxylation is 1. The Bertz CT molecular complexity index is 921. The summed E-state index contributed by atoms with van der Waals surface area (Å²) in [6.45, 7) is 7.80. The van der Waals surface area contributed by atoms with Crippen molar-refractivity contribution in [3.8, 4) is 0 Å². The quantitative estimate of drug-likeness (QED) is 0.687. The van der Waals surface area contributed by atoms with E-state index in [1.165, 1.54) is 17.8 Å². The number of rotatable bonds is 6. The third kappa shape index (κ3) is 6.75. The van der Waals surface area contributed by atoms with E-state index in [9.17, 15) is 13.2 Å². The van der Waals surface area contributed by atoms with Gasteiger partial charge in [0.15, 0.2) is 0 Å². The zero-order valence-electron chi connectivity index (χ0n) is 15.7. The molecule has 0 aliphatic carbocycles. The fraction of sp³-hybridized carbons (Fsp3) is 0.316. The second-order valence-corrected chi connectivity index (χ2v) is 10.9. The molecule has 0 unspecified atom stereocenters. The number of halogens is 1. The fourth-order valence-corrected chi connectivity index (χ4v) is 4.27. The molecule has 2 aromatic rings. The van der Waals surface area contributed by atoms with Crippen molar-refractivity contribution >= 4 is 50.7 Å². The van der Waals surface area contributed by atoms with Gasteiger partial charge in [-0.05, 0) is 48.9 Å². The molecule has 2 rings (SSSR count). The van der Waals surface area contributed by atoms with Crippen LogP contribution in [-0.2, 0) is 14.8 Å². The number of carbonyl (C=O) groups excluding carboxylic acids is 1. The van der Waals surface area contributed by atoms with Crippen LogP contribution in [-0.4, -0.2) is 24.8 Å². The molecule has 2 aromatic carbocycles. The molecule has 2 N–H and O–H groups in total. The lowest BCUT2D eigenvalue weighted by atomic mass is 10.2.